The molecule has 2 aliphatic rings. The van der Waals surface area contributed by atoms with Crippen LogP contribution in [-0.4, -0.2) is 38.8 Å². The fraction of sp³-hybridized carbons (Fsp3) is 0.650. The lowest BCUT2D eigenvalue weighted by Crippen LogP contribution is -2.50. The summed E-state index contributed by atoms with van der Waals surface area (Å²) >= 11 is 0. The first kappa shape index (κ1) is 20.0. The molecule has 4 nitrogen and oxygen atoms in total. The van der Waals surface area contributed by atoms with E-state index in [9.17, 15) is 13.2 Å². The molecule has 1 aliphatic heterocycles. The van der Waals surface area contributed by atoms with Crippen LogP contribution < -0.4 is 10.6 Å². The van der Waals surface area contributed by atoms with Crippen molar-refractivity contribution in [1.29, 1.82) is 0 Å². The van der Waals surface area contributed by atoms with E-state index in [2.05, 4.69) is 22.5 Å². The number of alkyl halides is 3. The third-order valence-corrected chi connectivity index (χ3v) is 5.57. The van der Waals surface area contributed by atoms with Crippen molar-refractivity contribution in [3.05, 3.63) is 35.4 Å². The van der Waals surface area contributed by atoms with Gasteiger partial charge >= 0.3 is 6.18 Å². The molecule has 7 heteroatoms. The molecule has 1 aliphatic carbocycles. The molecule has 2 N–H and O–H groups in total. The van der Waals surface area contributed by atoms with Crippen LogP contribution in [0.4, 0.5) is 13.2 Å². The molecule has 1 aromatic rings. The zero-order valence-electron chi connectivity index (χ0n) is 16.0. The lowest BCUT2D eigenvalue weighted by molar-refractivity contribution is -0.137. The topological polar surface area (TPSA) is 45.7 Å². The normalized spacial score (nSPS) is 21.1. The molecule has 0 amide bonds. The van der Waals surface area contributed by atoms with E-state index in [1.54, 1.807) is 0 Å². The fourth-order valence-electron chi connectivity index (χ4n) is 3.60. The van der Waals surface area contributed by atoms with Crippen molar-refractivity contribution in [3.63, 3.8) is 0 Å². The molecular formula is C20H28F3N3O. The average Bonchev–Trinajstić information content (AvgIpc) is 2.56. The fourth-order valence-corrected chi connectivity index (χ4v) is 3.60. The van der Waals surface area contributed by atoms with E-state index in [0.29, 0.717) is 32.3 Å². The van der Waals surface area contributed by atoms with Crippen molar-refractivity contribution < 1.29 is 17.9 Å². The summed E-state index contributed by atoms with van der Waals surface area (Å²) in [5, 5.41) is 6.59. The molecule has 0 radical (unpaired) electrons. The summed E-state index contributed by atoms with van der Waals surface area (Å²) < 4.78 is 44.5. The number of guanidine groups is 1. The van der Waals surface area contributed by atoms with E-state index < -0.39 is 11.7 Å². The number of hydrogen-bond donors (Lipinski definition) is 2. The number of nitrogens with zero attached hydrogens (tertiary/aromatic N) is 1. The van der Waals surface area contributed by atoms with Gasteiger partial charge in [-0.3, -0.25) is 4.99 Å². The van der Waals surface area contributed by atoms with Crippen molar-refractivity contribution in [2.75, 3.05) is 32.8 Å². The SMILES string of the molecule is CCNC(=NCC1(C)COC1)NCC1(c2cccc(C(F)(F)F)c2)CCC1. The number of ether oxygens (including phenoxy) is 1. The Hall–Kier alpha value is -1.76. The summed E-state index contributed by atoms with van der Waals surface area (Å²) in [4.78, 5) is 4.65. The molecule has 0 atom stereocenters. The molecular weight excluding hydrogens is 355 g/mol. The highest BCUT2D eigenvalue weighted by Gasteiger charge is 2.40. The van der Waals surface area contributed by atoms with E-state index in [-0.39, 0.29) is 10.8 Å². The molecule has 2 fully saturated rings. The first-order valence-corrected chi connectivity index (χ1v) is 9.54. The van der Waals surface area contributed by atoms with Crippen molar-refractivity contribution in [2.45, 2.75) is 44.7 Å². The van der Waals surface area contributed by atoms with Crippen molar-refractivity contribution >= 4 is 5.96 Å². The van der Waals surface area contributed by atoms with Gasteiger partial charge in [-0.15, -0.1) is 0 Å². The van der Waals surface area contributed by atoms with Crippen LogP contribution in [0.3, 0.4) is 0 Å². The molecule has 3 rings (SSSR count). The molecule has 27 heavy (non-hydrogen) atoms. The smallest absolute Gasteiger partial charge is 0.380 e. The number of nitrogens with one attached hydrogen (secondary N) is 2. The van der Waals surface area contributed by atoms with Crippen LogP contribution in [0, 0.1) is 5.41 Å². The minimum Gasteiger partial charge on any atom is -0.380 e. The maximum Gasteiger partial charge on any atom is 0.416 e. The summed E-state index contributed by atoms with van der Waals surface area (Å²) in [5.74, 6) is 0.712. The highest BCUT2D eigenvalue weighted by atomic mass is 19.4. The number of aliphatic imine (C=N–C) groups is 1. The highest BCUT2D eigenvalue weighted by molar-refractivity contribution is 5.80. The van der Waals surface area contributed by atoms with Gasteiger partial charge in [0.1, 0.15) is 0 Å². The molecule has 0 bridgehead atoms. The van der Waals surface area contributed by atoms with Gasteiger partial charge in [0.25, 0.3) is 0 Å². The van der Waals surface area contributed by atoms with Gasteiger partial charge in [0.2, 0.25) is 0 Å². The largest absolute Gasteiger partial charge is 0.416 e. The molecule has 1 aromatic carbocycles. The Kier molecular flexibility index (Phi) is 5.70. The van der Waals surface area contributed by atoms with Gasteiger partial charge in [-0.05, 0) is 31.4 Å². The lowest BCUT2D eigenvalue weighted by atomic mass is 9.64. The van der Waals surface area contributed by atoms with Crippen LogP contribution in [0.15, 0.2) is 29.3 Å². The minimum absolute atomic E-state index is 0.0809. The van der Waals surface area contributed by atoms with Crippen molar-refractivity contribution in [3.8, 4) is 0 Å². The number of halogens is 3. The molecule has 150 valence electrons. The van der Waals surface area contributed by atoms with E-state index in [4.69, 9.17) is 4.74 Å². The van der Waals surface area contributed by atoms with E-state index >= 15 is 0 Å². The Morgan fingerprint density at radius 2 is 1.96 bits per heavy atom. The summed E-state index contributed by atoms with van der Waals surface area (Å²) in [5.41, 5.74) is -0.00518. The first-order valence-electron chi connectivity index (χ1n) is 9.54. The van der Waals surface area contributed by atoms with Gasteiger partial charge < -0.3 is 15.4 Å². The second kappa shape index (κ2) is 7.70. The highest BCUT2D eigenvalue weighted by Crippen LogP contribution is 2.44. The maximum absolute atomic E-state index is 13.1. The monoisotopic (exact) mass is 383 g/mol. The summed E-state index contributed by atoms with van der Waals surface area (Å²) in [6.45, 7) is 7.53. The van der Waals surface area contributed by atoms with Gasteiger partial charge in [-0.25, -0.2) is 0 Å². The van der Waals surface area contributed by atoms with Crippen LogP contribution in [0.2, 0.25) is 0 Å². The maximum atomic E-state index is 13.1. The third-order valence-electron chi connectivity index (χ3n) is 5.57. The van der Waals surface area contributed by atoms with Crippen molar-refractivity contribution in [2.24, 2.45) is 10.4 Å². The molecule has 0 spiro atoms. The standard InChI is InChI=1S/C20H28F3N3O/c1-3-24-17(25-11-18(2)13-27-14-18)26-12-19(8-5-9-19)15-6-4-7-16(10-15)20(21,22)23/h4,6-7,10H,3,5,8-9,11-14H2,1-2H3,(H2,24,25,26). The number of rotatable bonds is 6. The Morgan fingerprint density at radius 1 is 1.22 bits per heavy atom. The zero-order chi connectivity index (χ0) is 19.5. The van der Waals surface area contributed by atoms with Gasteiger partial charge in [0, 0.05) is 23.9 Å². The second-order valence-corrected chi connectivity index (χ2v) is 8.06. The quantitative estimate of drug-likeness (QED) is 0.581. The average molecular weight is 383 g/mol. The van der Waals surface area contributed by atoms with Crippen LogP contribution >= 0.6 is 0 Å². The molecule has 1 saturated heterocycles. The predicted molar refractivity (Wildman–Crippen MR) is 99.9 cm³/mol. The minimum atomic E-state index is -4.31. The second-order valence-electron chi connectivity index (χ2n) is 8.06. The van der Waals surface area contributed by atoms with E-state index in [0.717, 1.165) is 37.4 Å². The van der Waals surface area contributed by atoms with Gasteiger partial charge in [0.05, 0.1) is 25.3 Å². The Labute approximate surface area is 158 Å². The molecule has 0 unspecified atom stereocenters. The van der Waals surface area contributed by atoms with E-state index in [1.807, 2.05) is 13.0 Å². The van der Waals surface area contributed by atoms with Crippen LogP contribution in [0.1, 0.15) is 44.2 Å². The zero-order valence-corrected chi connectivity index (χ0v) is 16.0. The van der Waals surface area contributed by atoms with E-state index in [1.165, 1.54) is 12.1 Å². The Bertz CT molecular complexity index is 679. The summed E-state index contributed by atoms with van der Waals surface area (Å²) in [6, 6.07) is 5.76. The number of hydrogen-bond acceptors (Lipinski definition) is 2. The lowest BCUT2D eigenvalue weighted by Gasteiger charge is -2.43. The summed E-state index contributed by atoms with van der Waals surface area (Å²) in [6.07, 6.45) is -1.52. The Balaban J connectivity index is 1.70. The Morgan fingerprint density at radius 3 is 2.48 bits per heavy atom. The molecule has 1 saturated carbocycles. The summed E-state index contributed by atoms with van der Waals surface area (Å²) in [7, 11) is 0. The van der Waals surface area contributed by atoms with Crippen LogP contribution in [0.5, 0.6) is 0 Å². The van der Waals surface area contributed by atoms with Crippen LogP contribution in [-0.2, 0) is 16.3 Å². The molecule has 1 heterocycles. The van der Waals surface area contributed by atoms with Gasteiger partial charge in [-0.2, -0.15) is 13.2 Å². The van der Waals surface area contributed by atoms with Crippen LogP contribution in [0.25, 0.3) is 0 Å². The third kappa shape index (κ3) is 4.57. The van der Waals surface area contributed by atoms with Crippen molar-refractivity contribution in [1.82, 2.24) is 10.6 Å². The predicted octanol–water partition coefficient (Wildman–Crippen LogP) is 3.72. The first-order chi connectivity index (χ1) is 12.8. The van der Waals surface area contributed by atoms with Gasteiger partial charge in [-0.1, -0.05) is 31.5 Å². The van der Waals surface area contributed by atoms with Gasteiger partial charge in [0.15, 0.2) is 5.96 Å². The molecule has 0 aromatic heterocycles. The number of benzene rings is 1.